The molecule has 3 aliphatic rings. The number of nitrogens with one attached hydrogen (secondary N) is 2. The molecule has 1 amide bonds. The highest BCUT2D eigenvalue weighted by Gasteiger charge is 2.57. The Kier molecular flexibility index (Phi) is 13.7. The number of benzene rings is 1. The molecule has 2 aliphatic heterocycles. The minimum Gasteiger partial charge on any atom is -0.497 e. The lowest BCUT2D eigenvalue weighted by Crippen LogP contribution is -2.69. The molecule has 11 atom stereocenters. The highest BCUT2D eigenvalue weighted by molar-refractivity contribution is 5.78. The number of aliphatic carboxylic acids is 1. The molecule has 0 bridgehead atoms. The van der Waals surface area contributed by atoms with Crippen LogP contribution in [0.25, 0.3) is 0 Å². The van der Waals surface area contributed by atoms with Crippen LogP contribution in [0.15, 0.2) is 24.3 Å². The highest BCUT2D eigenvalue weighted by Crippen LogP contribution is 2.35. The predicted molar refractivity (Wildman–Crippen MR) is 163 cm³/mol. The summed E-state index contributed by atoms with van der Waals surface area (Å²) in [6.45, 7) is -1.30. The van der Waals surface area contributed by atoms with Crippen molar-refractivity contribution in [3.05, 3.63) is 24.3 Å². The molecular weight excluding hydrogens is 640 g/mol. The Morgan fingerprint density at radius 3 is 2.29 bits per heavy atom. The smallest absolute Gasteiger partial charge is 0.364 e. The summed E-state index contributed by atoms with van der Waals surface area (Å²) in [5.74, 6) is -4.29. The lowest BCUT2D eigenvalue weighted by molar-refractivity contribution is -0.331. The maximum atomic E-state index is 12.6. The second kappa shape index (κ2) is 17.3. The maximum absolute atomic E-state index is 12.6. The summed E-state index contributed by atoms with van der Waals surface area (Å²) in [6, 6.07) is 4.69. The van der Waals surface area contributed by atoms with E-state index in [-0.39, 0.29) is 12.3 Å². The Hall–Kier alpha value is -2.68. The van der Waals surface area contributed by atoms with E-state index in [0.717, 1.165) is 25.7 Å². The molecule has 10 N–H and O–H groups in total. The first kappa shape index (κ1) is 38.1. The number of amides is 1. The van der Waals surface area contributed by atoms with Gasteiger partial charge in [0.15, 0.2) is 0 Å². The second-order valence-electron chi connectivity index (χ2n) is 12.5. The summed E-state index contributed by atoms with van der Waals surface area (Å²) in [5, 5.41) is 89.6. The van der Waals surface area contributed by atoms with Crippen LogP contribution in [0.5, 0.6) is 11.5 Å². The van der Waals surface area contributed by atoms with Crippen LogP contribution in [0, 0.1) is 5.92 Å². The van der Waals surface area contributed by atoms with Gasteiger partial charge in [-0.25, -0.2) is 4.79 Å². The number of carbonyl (C=O) groups is 2. The van der Waals surface area contributed by atoms with Crippen molar-refractivity contribution in [2.75, 3.05) is 33.4 Å². The van der Waals surface area contributed by atoms with Crippen LogP contribution in [0.2, 0.25) is 0 Å². The summed E-state index contributed by atoms with van der Waals surface area (Å²) in [5.41, 5.74) is 0. The molecule has 2 heterocycles. The first-order valence-corrected chi connectivity index (χ1v) is 16.1. The number of aliphatic hydroxyl groups excluding tert-OH is 7. The summed E-state index contributed by atoms with van der Waals surface area (Å²) in [4.78, 5) is 24.7. The van der Waals surface area contributed by atoms with Gasteiger partial charge in [-0.1, -0.05) is 19.3 Å². The standard InChI is InChI=1S/C31H48N2O15/c1-44-17-7-9-18(10-8-17)46-29-27(41)26(40)25(39)21(47-29)15-45-31(30(42)43)11-19(35)23(33-22(37)14-34)28(48-31)24(38)20(36)13-32-12-16-5-3-2-4-6-16/h7-10,16,19-21,23-29,32,34-36,38-41H,2-6,11-15H2,1H3,(H,33,37)(H,42,43)/t19-,20+,21+,23+,24+,25-,26-,27+,28+,29+,31+/m0/s1. The average molecular weight is 689 g/mol. The third-order valence-corrected chi connectivity index (χ3v) is 9.07. The molecule has 17 nitrogen and oxygen atoms in total. The van der Waals surface area contributed by atoms with Crippen LogP contribution in [-0.4, -0.2) is 153 Å². The van der Waals surface area contributed by atoms with E-state index in [0.29, 0.717) is 18.2 Å². The van der Waals surface area contributed by atoms with Gasteiger partial charge in [0.2, 0.25) is 12.2 Å². The van der Waals surface area contributed by atoms with E-state index in [1.165, 1.54) is 25.7 Å². The number of methoxy groups -OCH3 is 1. The van der Waals surface area contributed by atoms with Crippen molar-refractivity contribution in [3.63, 3.8) is 0 Å². The van der Waals surface area contributed by atoms with E-state index < -0.39 is 98.5 Å². The molecule has 2 saturated heterocycles. The van der Waals surface area contributed by atoms with Crippen molar-refractivity contribution in [2.45, 2.75) is 105 Å². The Balaban J connectivity index is 1.48. The number of hydrogen-bond donors (Lipinski definition) is 10. The molecule has 1 aromatic rings. The first-order valence-electron chi connectivity index (χ1n) is 16.1. The van der Waals surface area contributed by atoms with Gasteiger partial charge in [-0.15, -0.1) is 0 Å². The zero-order valence-electron chi connectivity index (χ0n) is 26.7. The van der Waals surface area contributed by atoms with Crippen molar-refractivity contribution in [2.24, 2.45) is 5.92 Å². The number of ether oxygens (including phenoxy) is 5. The molecule has 3 fully saturated rings. The van der Waals surface area contributed by atoms with E-state index in [9.17, 15) is 50.4 Å². The number of aliphatic hydroxyl groups is 7. The van der Waals surface area contributed by atoms with Crippen molar-refractivity contribution in [1.29, 1.82) is 0 Å². The topological polar surface area (TPSA) is 266 Å². The van der Waals surface area contributed by atoms with E-state index in [1.54, 1.807) is 12.1 Å². The van der Waals surface area contributed by atoms with Gasteiger partial charge in [0.1, 0.15) is 54.7 Å². The van der Waals surface area contributed by atoms with Crippen LogP contribution in [0.4, 0.5) is 0 Å². The van der Waals surface area contributed by atoms with Crippen LogP contribution in [0.1, 0.15) is 38.5 Å². The SMILES string of the molecule is COc1ccc(O[C@@H]2O[C@H](CO[C@]3(C(=O)O)C[C@H](O)[C@@H](NC(=O)CO)[C@H]([C@H](O)[C@H](O)CNCC4CCCCC4)O3)[C@H](O)[C@H](O)[C@H]2O)cc1. The predicted octanol–water partition coefficient (Wildman–Crippen LogP) is -2.80. The van der Waals surface area contributed by atoms with Crippen molar-refractivity contribution in [1.82, 2.24) is 10.6 Å². The number of carboxylic acid groups (broad SMARTS) is 1. The minimum absolute atomic E-state index is 0.118. The third-order valence-electron chi connectivity index (χ3n) is 9.07. The monoisotopic (exact) mass is 688 g/mol. The zero-order chi connectivity index (χ0) is 35.0. The summed E-state index contributed by atoms with van der Waals surface area (Å²) >= 11 is 0. The van der Waals surface area contributed by atoms with Crippen molar-refractivity contribution < 1.29 is 74.1 Å². The van der Waals surface area contributed by atoms with Gasteiger partial charge >= 0.3 is 5.97 Å². The number of carboxylic acids is 1. The van der Waals surface area contributed by atoms with E-state index in [4.69, 9.17) is 23.7 Å². The van der Waals surface area contributed by atoms with Gasteiger partial charge < -0.3 is 75.2 Å². The van der Waals surface area contributed by atoms with Gasteiger partial charge in [-0.2, -0.15) is 0 Å². The summed E-state index contributed by atoms with van der Waals surface area (Å²) in [6.07, 6.45) is -10.6. The Morgan fingerprint density at radius 1 is 1.00 bits per heavy atom. The average Bonchev–Trinajstić information content (AvgIpc) is 3.09. The number of rotatable bonds is 15. The molecule has 1 aliphatic carbocycles. The quantitative estimate of drug-likeness (QED) is 0.0892. The molecule has 0 radical (unpaired) electrons. The fourth-order valence-electron chi connectivity index (χ4n) is 6.27. The van der Waals surface area contributed by atoms with E-state index in [1.807, 2.05) is 0 Å². The Morgan fingerprint density at radius 2 is 1.67 bits per heavy atom. The Labute approximate surface area is 277 Å². The molecule has 0 aromatic heterocycles. The molecular formula is C31H48N2O15. The van der Waals surface area contributed by atoms with Gasteiger partial charge in [0, 0.05) is 13.0 Å². The summed E-state index contributed by atoms with van der Waals surface area (Å²) < 4.78 is 27.8. The van der Waals surface area contributed by atoms with E-state index in [2.05, 4.69) is 10.6 Å². The zero-order valence-corrected chi connectivity index (χ0v) is 26.7. The highest BCUT2D eigenvalue weighted by atomic mass is 16.7. The minimum atomic E-state index is -2.71. The van der Waals surface area contributed by atoms with Crippen LogP contribution >= 0.6 is 0 Å². The van der Waals surface area contributed by atoms with Crippen LogP contribution in [-0.2, 0) is 23.8 Å². The number of hydrogen-bond acceptors (Lipinski definition) is 15. The fraction of sp³-hybridized carbons (Fsp3) is 0.742. The molecule has 0 spiro atoms. The second-order valence-corrected chi connectivity index (χ2v) is 12.5. The van der Waals surface area contributed by atoms with E-state index >= 15 is 0 Å². The van der Waals surface area contributed by atoms with Gasteiger partial charge in [-0.05, 0) is 49.6 Å². The fourth-order valence-corrected chi connectivity index (χ4v) is 6.27. The third kappa shape index (κ3) is 9.30. The maximum Gasteiger partial charge on any atom is 0.364 e. The molecule has 0 unspecified atom stereocenters. The van der Waals surface area contributed by atoms with Crippen molar-refractivity contribution in [3.8, 4) is 11.5 Å². The van der Waals surface area contributed by atoms with Crippen molar-refractivity contribution >= 4 is 11.9 Å². The molecule has 4 rings (SSSR count). The molecule has 48 heavy (non-hydrogen) atoms. The van der Waals surface area contributed by atoms with Gasteiger partial charge in [-0.3, -0.25) is 4.79 Å². The lowest BCUT2D eigenvalue weighted by Gasteiger charge is -2.47. The molecule has 1 aromatic carbocycles. The van der Waals surface area contributed by atoms with Crippen LogP contribution in [0.3, 0.4) is 0 Å². The lowest BCUT2D eigenvalue weighted by atomic mass is 9.88. The van der Waals surface area contributed by atoms with Gasteiger partial charge in [0.25, 0.3) is 5.79 Å². The Bertz CT molecular complexity index is 1170. The number of carbonyl (C=O) groups excluding carboxylic acids is 1. The van der Waals surface area contributed by atoms with Gasteiger partial charge in [0.05, 0.1) is 32.0 Å². The largest absolute Gasteiger partial charge is 0.497 e. The summed E-state index contributed by atoms with van der Waals surface area (Å²) in [7, 11) is 1.47. The van der Waals surface area contributed by atoms with Crippen LogP contribution < -0.4 is 20.1 Å². The first-order chi connectivity index (χ1) is 22.9. The molecule has 272 valence electrons. The molecule has 17 heteroatoms. The normalized spacial score (nSPS) is 34.2. The molecule has 1 saturated carbocycles.